The van der Waals surface area contributed by atoms with E-state index >= 15 is 0 Å². The fraction of sp³-hybridized carbons (Fsp3) is 0.900. The van der Waals surface area contributed by atoms with Crippen molar-refractivity contribution in [1.29, 1.82) is 0 Å². The van der Waals surface area contributed by atoms with Crippen LogP contribution in [0.1, 0.15) is 19.3 Å². The summed E-state index contributed by atoms with van der Waals surface area (Å²) < 4.78 is 10.6. The SMILES string of the molecule is O=C(CCCCO)NCC1COCCO1. The molecule has 0 bridgehead atoms. The Morgan fingerprint density at radius 1 is 1.40 bits per heavy atom. The summed E-state index contributed by atoms with van der Waals surface area (Å²) >= 11 is 0. The van der Waals surface area contributed by atoms with Gasteiger partial charge in [0.1, 0.15) is 0 Å². The van der Waals surface area contributed by atoms with Gasteiger partial charge in [-0.25, -0.2) is 0 Å². The van der Waals surface area contributed by atoms with Crippen molar-refractivity contribution in [2.24, 2.45) is 0 Å². The second kappa shape index (κ2) is 7.62. The molecule has 5 nitrogen and oxygen atoms in total. The molecular formula is C10H19NO4. The van der Waals surface area contributed by atoms with Crippen LogP contribution in [0.5, 0.6) is 0 Å². The zero-order valence-electron chi connectivity index (χ0n) is 8.91. The molecule has 88 valence electrons. The predicted molar refractivity (Wildman–Crippen MR) is 54.5 cm³/mol. The Hall–Kier alpha value is -0.650. The van der Waals surface area contributed by atoms with Crippen LogP contribution in [0.3, 0.4) is 0 Å². The van der Waals surface area contributed by atoms with Crippen LogP contribution in [-0.2, 0) is 14.3 Å². The van der Waals surface area contributed by atoms with E-state index in [1.165, 1.54) is 0 Å². The van der Waals surface area contributed by atoms with Crippen LogP contribution in [0.2, 0.25) is 0 Å². The number of carbonyl (C=O) groups excluding carboxylic acids is 1. The molecule has 0 aromatic rings. The minimum absolute atomic E-state index is 0.0117. The van der Waals surface area contributed by atoms with Gasteiger partial charge in [0.15, 0.2) is 0 Å². The molecule has 1 unspecified atom stereocenters. The van der Waals surface area contributed by atoms with Gasteiger partial charge in [0.25, 0.3) is 0 Å². The summed E-state index contributed by atoms with van der Waals surface area (Å²) in [7, 11) is 0. The van der Waals surface area contributed by atoms with Gasteiger partial charge >= 0.3 is 0 Å². The lowest BCUT2D eigenvalue weighted by atomic mass is 10.2. The summed E-state index contributed by atoms with van der Waals surface area (Å²) in [5.41, 5.74) is 0. The van der Waals surface area contributed by atoms with Crippen LogP contribution in [0.4, 0.5) is 0 Å². The molecule has 0 aromatic carbocycles. The lowest BCUT2D eigenvalue weighted by Gasteiger charge is -2.23. The maximum atomic E-state index is 11.3. The first kappa shape index (κ1) is 12.4. The minimum atomic E-state index is -0.0134. The van der Waals surface area contributed by atoms with E-state index in [9.17, 15) is 4.79 Å². The third-order valence-electron chi connectivity index (χ3n) is 2.22. The summed E-state index contributed by atoms with van der Waals surface area (Å²) in [4.78, 5) is 11.3. The highest BCUT2D eigenvalue weighted by atomic mass is 16.6. The first-order chi connectivity index (χ1) is 7.33. The number of carbonyl (C=O) groups is 1. The topological polar surface area (TPSA) is 67.8 Å². The summed E-state index contributed by atoms with van der Waals surface area (Å²) in [6.07, 6.45) is 1.86. The summed E-state index contributed by atoms with van der Waals surface area (Å²) in [6, 6.07) is 0. The van der Waals surface area contributed by atoms with Crippen LogP contribution in [0, 0.1) is 0 Å². The van der Waals surface area contributed by atoms with Crippen molar-refractivity contribution in [3.05, 3.63) is 0 Å². The Labute approximate surface area is 89.8 Å². The predicted octanol–water partition coefficient (Wildman–Crippen LogP) is -0.319. The standard InChI is InChI=1S/C10H19NO4/c12-4-2-1-3-10(13)11-7-9-8-14-5-6-15-9/h9,12H,1-8H2,(H,11,13). The Morgan fingerprint density at radius 2 is 2.27 bits per heavy atom. The van der Waals surface area contributed by atoms with E-state index in [-0.39, 0.29) is 18.6 Å². The molecule has 0 aromatic heterocycles. The van der Waals surface area contributed by atoms with E-state index in [0.717, 1.165) is 6.42 Å². The Kier molecular flexibility index (Phi) is 6.31. The fourth-order valence-electron chi connectivity index (χ4n) is 1.37. The summed E-state index contributed by atoms with van der Waals surface area (Å²) in [5, 5.41) is 11.3. The molecule has 0 radical (unpaired) electrons. The average Bonchev–Trinajstić information content (AvgIpc) is 2.28. The average molecular weight is 217 g/mol. The molecule has 1 aliphatic heterocycles. The molecule has 1 saturated heterocycles. The molecule has 1 heterocycles. The van der Waals surface area contributed by atoms with Crippen LogP contribution in [-0.4, -0.2) is 50.1 Å². The molecule has 1 fully saturated rings. The molecule has 1 atom stereocenters. The number of ether oxygens (including phenoxy) is 2. The lowest BCUT2D eigenvalue weighted by molar-refractivity contribution is -0.124. The summed E-state index contributed by atoms with van der Waals surface area (Å²) in [5.74, 6) is 0.0117. The van der Waals surface area contributed by atoms with Gasteiger partial charge in [-0.05, 0) is 12.8 Å². The molecule has 0 spiro atoms. The van der Waals surface area contributed by atoms with E-state index in [1.807, 2.05) is 0 Å². The molecule has 5 heteroatoms. The Balaban J connectivity index is 2.00. The highest BCUT2D eigenvalue weighted by Gasteiger charge is 2.14. The number of unbranched alkanes of at least 4 members (excludes halogenated alkanes) is 1. The van der Waals surface area contributed by atoms with Gasteiger partial charge in [-0.15, -0.1) is 0 Å². The van der Waals surface area contributed by atoms with Crippen molar-refractivity contribution >= 4 is 5.91 Å². The monoisotopic (exact) mass is 217 g/mol. The maximum Gasteiger partial charge on any atom is 0.220 e. The highest BCUT2D eigenvalue weighted by molar-refractivity contribution is 5.75. The van der Waals surface area contributed by atoms with E-state index in [0.29, 0.717) is 39.2 Å². The Morgan fingerprint density at radius 3 is 2.93 bits per heavy atom. The van der Waals surface area contributed by atoms with E-state index < -0.39 is 0 Å². The zero-order chi connectivity index (χ0) is 10.9. The van der Waals surface area contributed by atoms with Crippen LogP contribution in [0.15, 0.2) is 0 Å². The first-order valence-corrected chi connectivity index (χ1v) is 5.40. The van der Waals surface area contributed by atoms with Gasteiger partial charge in [-0.3, -0.25) is 4.79 Å². The van der Waals surface area contributed by atoms with Crippen LogP contribution >= 0.6 is 0 Å². The van der Waals surface area contributed by atoms with Gasteiger partial charge in [-0.1, -0.05) is 0 Å². The molecule has 15 heavy (non-hydrogen) atoms. The van der Waals surface area contributed by atoms with Crippen molar-refractivity contribution in [2.45, 2.75) is 25.4 Å². The number of aliphatic hydroxyl groups is 1. The second-order valence-electron chi connectivity index (χ2n) is 3.55. The van der Waals surface area contributed by atoms with Crippen LogP contribution in [0.25, 0.3) is 0 Å². The lowest BCUT2D eigenvalue weighted by Crippen LogP contribution is -2.39. The molecule has 0 aliphatic carbocycles. The largest absolute Gasteiger partial charge is 0.396 e. The Bertz CT molecular complexity index is 180. The number of rotatable bonds is 6. The maximum absolute atomic E-state index is 11.3. The number of hydrogen-bond acceptors (Lipinski definition) is 4. The van der Waals surface area contributed by atoms with Crippen LogP contribution < -0.4 is 5.32 Å². The van der Waals surface area contributed by atoms with Gasteiger partial charge in [-0.2, -0.15) is 0 Å². The number of nitrogens with one attached hydrogen (secondary N) is 1. The van der Waals surface area contributed by atoms with E-state index in [2.05, 4.69) is 5.32 Å². The van der Waals surface area contributed by atoms with Crippen molar-refractivity contribution in [1.82, 2.24) is 5.32 Å². The van der Waals surface area contributed by atoms with Gasteiger partial charge in [0, 0.05) is 19.6 Å². The third kappa shape index (κ3) is 5.71. The number of hydrogen-bond donors (Lipinski definition) is 2. The third-order valence-corrected chi connectivity index (χ3v) is 2.22. The number of aliphatic hydroxyl groups excluding tert-OH is 1. The highest BCUT2D eigenvalue weighted by Crippen LogP contribution is 1.99. The minimum Gasteiger partial charge on any atom is -0.396 e. The molecule has 2 N–H and O–H groups in total. The van der Waals surface area contributed by atoms with Gasteiger partial charge < -0.3 is 19.9 Å². The van der Waals surface area contributed by atoms with Crippen molar-refractivity contribution in [3.8, 4) is 0 Å². The van der Waals surface area contributed by atoms with Gasteiger partial charge in [0.2, 0.25) is 5.91 Å². The fourth-order valence-corrected chi connectivity index (χ4v) is 1.37. The van der Waals surface area contributed by atoms with E-state index in [4.69, 9.17) is 14.6 Å². The van der Waals surface area contributed by atoms with Gasteiger partial charge in [0.05, 0.1) is 25.9 Å². The number of amides is 1. The molecule has 1 amide bonds. The molecule has 0 saturated carbocycles. The second-order valence-corrected chi connectivity index (χ2v) is 3.55. The van der Waals surface area contributed by atoms with Crippen molar-refractivity contribution in [3.63, 3.8) is 0 Å². The normalized spacial score (nSPS) is 21.3. The zero-order valence-corrected chi connectivity index (χ0v) is 8.91. The smallest absolute Gasteiger partial charge is 0.220 e. The quantitative estimate of drug-likeness (QED) is 0.598. The molecule has 1 aliphatic rings. The summed E-state index contributed by atoms with van der Waals surface area (Å²) in [6.45, 7) is 2.45. The first-order valence-electron chi connectivity index (χ1n) is 5.40. The van der Waals surface area contributed by atoms with E-state index in [1.54, 1.807) is 0 Å². The van der Waals surface area contributed by atoms with Crippen molar-refractivity contribution in [2.75, 3.05) is 33.0 Å². The van der Waals surface area contributed by atoms with Crippen molar-refractivity contribution < 1.29 is 19.4 Å². The molecular weight excluding hydrogens is 198 g/mol. The molecule has 1 rings (SSSR count).